The van der Waals surface area contributed by atoms with Crippen LogP contribution in [0.15, 0.2) is 42.9 Å². The number of amides is 1. The zero-order chi connectivity index (χ0) is 21.8. The molecule has 1 fully saturated rings. The average molecular weight is 433 g/mol. The van der Waals surface area contributed by atoms with Crippen molar-refractivity contribution in [3.05, 3.63) is 54.2 Å². The molecule has 32 heavy (non-hydrogen) atoms. The van der Waals surface area contributed by atoms with E-state index < -0.39 is 18.0 Å². The van der Waals surface area contributed by atoms with Gasteiger partial charge >= 0.3 is 6.09 Å². The first-order chi connectivity index (χ1) is 15.6. The van der Waals surface area contributed by atoms with Crippen molar-refractivity contribution in [3.63, 3.8) is 0 Å². The van der Waals surface area contributed by atoms with E-state index in [2.05, 4.69) is 30.8 Å². The minimum absolute atomic E-state index is 0.222. The van der Waals surface area contributed by atoms with Crippen molar-refractivity contribution in [3.8, 4) is 22.6 Å². The van der Waals surface area contributed by atoms with Crippen LogP contribution in [0.5, 0.6) is 0 Å². The minimum atomic E-state index is -0.477. The van der Waals surface area contributed by atoms with Crippen molar-refractivity contribution in [2.45, 2.75) is 25.1 Å². The maximum absolute atomic E-state index is 15.1. The van der Waals surface area contributed by atoms with Gasteiger partial charge in [0.15, 0.2) is 5.82 Å². The quantitative estimate of drug-likeness (QED) is 0.477. The molecule has 1 amide bonds. The Morgan fingerprint density at radius 1 is 1.25 bits per heavy atom. The predicted molar refractivity (Wildman–Crippen MR) is 108 cm³/mol. The summed E-state index contributed by atoms with van der Waals surface area (Å²) < 4.78 is 23.7. The van der Waals surface area contributed by atoms with E-state index >= 15 is 4.39 Å². The van der Waals surface area contributed by atoms with E-state index in [1.165, 1.54) is 15.6 Å². The Morgan fingerprint density at radius 3 is 2.88 bits per heavy atom. The molecular weight excluding hydrogens is 417 g/mol. The van der Waals surface area contributed by atoms with Gasteiger partial charge < -0.3 is 4.74 Å². The Labute approximate surface area is 180 Å². The Bertz CT molecular complexity index is 1320. The number of hydrogen-bond donors (Lipinski definition) is 0. The molecular formula is C20H16FN9O2. The van der Waals surface area contributed by atoms with Crippen LogP contribution in [0.4, 0.5) is 14.9 Å². The van der Waals surface area contributed by atoms with Crippen molar-refractivity contribution in [2.75, 3.05) is 4.90 Å². The van der Waals surface area contributed by atoms with Gasteiger partial charge in [-0.1, -0.05) is 11.3 Å². The summed E-state index contributed by atoms with van der Waals surface area (Å²) in [6.45, 7) is 0.387. The zero-order valence-electron chi connectivity index (χ0n) is 16.8. The smallest absolute Gasteiger partial charge is 0.415 e. The number of fused-ring (bicyclic) bond motifs is 3. The summed E-state index contributed by atoms with van der Waals surface area (Å²) in [4.78, 5) is 18.4. The van der Waals surface area contributed by atoms with Crippen molar-refractivity contribution in [1.82, 2.24) is 40.2 Å². The summed E-state index contributed by atoms with van der Waals surface area (Å²) in [7, 11) is 1.72. The van der Waals surface area contributed by atoms with Crippen LogP contribution >= 0.6 is 0 Å². The summed E-state index contributed by atoms with van der Waals surface area (Å²) >= 11 is 0. The van der Waals surface area contributed by atoms with Crippen LogP contribution in [-0.2, 0) is 24.8 Å². The number of hydrogen-bond acceptors (Lipinski definition) is 8. The molecule has 4 aromatic rings. The first-order valence-electron chi connectivity index (χ1n) is 9.94. The van der Waals surface area contributed by atoms with Gasteiger partial charge in [0, 0.05) is 30.6 Å². The van der Waals surface area contributed by atoms with Gasteiger partial charge in [0.1, 0.15) is 17.6 Å². The summed E-state index contributed by atoms with van der Waals surface area (Å²) in [6.07, 6.45) is 4.55. The highest BCUT2D eigenvalue weighted by molar-refractivity contribution is 5.94. The maximum Gasteiger partial charge on any atom is 0.415 e. The third-order valence-corrected chi connectivity index (χ3v) is 5.83. The number of nitrogens with zero attached hydrogens (tertiary/aromatic N) is 9. The number of halogens is 1. The van der Waals surface area contributed by atoms with Crippen LogP contribution in [0.2, 0.25) is 0 Å². The lowest BCUT2D eigenvalue weighted by Crippen LogP contribution is -2.35. The Balaban J connectivity index is 1.31. The third kappa shape index (κ3) is 2.83. The lowest BCUT2D eigenvalue weighted by Gasteiger charge is -2.16. The number of pyridine rings is 1. The molecule has 0 saturated carbocycles. The molecule has 0 unspecified atom stereocenters. The van der Waals surface area contributed by atoms with Gasteiger partial charge in [-0.25, -0.2) is 18.5 Å². The van der Waals surface area contributed by atoms with Crippen molar-refractivity contribution >= 4 is 11.8 Å². The predicted octanol–water partition coefficient (Wildman–Crippen LogP) is 1.62. The van der Waals surface area contributed by atoms with Crippen LogP contribution < -0.4 is 4.90 Å². The van der Waals surface area contributed by atoms with Crippen molar-refractivity contribution in [1.29, 1.82) is 0 Å². The molecule has 6 rings (SSSR count). The fraction of sp³-hybridized carbons (Fsp3) is 0.250. The van der Waals surface area contributed by atoms with Gasteiger partial charge in [0.2, 0.25) is 0 Å². The van der Waals surface area contributed by atoms with Crippen LogP contribution in [0, 0.1) is 5.82 Å². The lowest BCUT2D eigenvalue weighted by molar-refractivity contribution is 0.117. The van der Waals surface area contributed by atoms with Crippen LogP contribution in [-0.4, -0.2) is 58.4 Å². The number of aryl methyl sites for hydroxylation is 1. The summed E-state index contributed by atoms with van der Waals surface area (Å²) in [5, 5.41) is 19.1. The monoisotopic (exact) mass is 433 g/mol. The Hall–Kier alpha value is -4.22. The molecule has 1 saturated heterocycles. The molecule has 11 nitrogen and oxygen atoms in total. The summed E-state index contributed by atoms with van der Waals surface area (Å²) in [6, 6.07) is 6.48. The van der Waals surface area contributed by atoms with E-state index in [0.29, 0.717) is 41.3 Å². The van der Waals surface area contributed by atoms with E-state index in [4.69, 9.17) is 4.74 Å². The molecule has 0 radical (unpaired) electrons. The standard InChI is InChI=1S/C20H16FN9O2/c1-28-19(24-25-27-28)15-3-2-11(9-22-15)13-6-12-7-17-18(10-29-5-4-23-26-29)32-20(31)30(17)16(12)8-14(13)21/h2-6,8-9,17-18H,7,10H2,1H3/t17-,18-/m0/s1. The van der Waals surface area contributed by atoms with Gasteiger partial charge in [-0.05, 0) is 40.6 Å². The van der Waals surface area contributed by atoms with Crippen LogP contribution in [0.1, 0.15) is 5.56 Å². The molecule has 0 N–H and O–H groups in total. The van der Waals surface area contributed by atoms with Gasteiger partial charge in [0.05, 0.1) is 24.5 Å². The number of carbonyl (C=O) groups excluding carboxylic acids is 1. The Kier molecular flexibility index (Phi) is 4.00. The molecule has 2 aliphatic rings. The third-order valence-electron chi connectivity index (χ3n) is 5.83. The van der Waals surface area contributed by atoms with Crippen molar-refractivity contribution in [2.24, 2.45) is 7.05 Å². The van der Waals surface area contributed by atoms with E-state index in [1.807, 2.05) is 0 Å². The second-order valence-corrected chi connectivity index (χ2v) is 7.71. The number of rotatable bonds is 4. The van der Waals surface area contributed by atoms with Gasteiger partial charge in [0.25, 0.3) is 0 Å². The molecule has 12 heteroatoms. The largest absolute Gasteiger partial charge is 0.442 e. The summed E-state index contributed by atoms with van der Waals surface area (Å²) in [5.74, 6) is 0.0790. The number of aromatic nitrogens is 8. The van der Waals surface area contributed by atoms with E-state index in [-0.39, 0.29) is 6.04 Å². The van der Waals surface area contributed by atoms with Gasteiger partial charge in [-0.3, -0.25) is 9.88 Å². The maximum atomic E-state index is 15.1. The first-order valence-corrected chi connectivity index (χ1v) is 9.94. The minimum Gasteiger partial charge on any atom is -0.442 e. The van der Waals surface area contributed by atoms with E-state index in [1.54, 1.807) is 48.5 Å². The van der Waals surface area contributed by atoms with Gasteiger partial charge in [-0.15, -0.1) is 10.2 Å². The van der Waals surface area contributed by atoms with Gasteiger partial charge in [-0.2, -0.15) is 0 Å². The highest BCUT2D eigenvalue weighted by atomic mass is 19.1. The number of anilines is 1. The number of cyclic esters (lactones) is 1. The van der Waals surface area contributed by atoms with Crippen LogP contribution in [0.25, 0.3) is 22.6 Å². The molecule has 0 bridgehead atoms. The highest BCUT2D eigenvalue weighted by Gasteiger charge is 2.48. The number of carbonyl (C=O) groups is 1. The van der Waals surface area contributed by atoms with E-state index in [9.17, 15) is 4.79 Å². The second-order valence-electron chi connectivity index (χ2n) is 7.71. The average Bonchev–Trinajstić information content (AvgIpc) is 3.56. The molecule has 1 aromatic carbocycles. The van der Waals surface area contributed by atoms with Crippen LogP contribution in [0.3, 0.4) is 0 Å². The highest BCUT2D eigenvalue weighted by Crippen LogP contribution is 2.42. The number of ether oxygens (including phenoxy) is 1. The fourth-order valence-corrected chi connectivity index (χ4v) is 4.31. The topological polar surface area (TPSA) is 117 Å². The second kappa shape index (κ2) is 6.90. The Morgan fingerprint density at radius 2 is 2.16 bits per heavy atom. The zero-order valence-corrected chi connectivity index (χ0v) is 16.8. The molecule has 160 valence electrons. The SMILES string of the molecule is Cn1nnnc1-c1ccc(-c2cc3c(cc2F)N2C(=O)O[C@@H](Cn4ccnn4)[C@@H]2C3)cn1. The van der Waals surface area contributed by atoms with Crippen molar-refractivity contribution < 1.29 is 13.9 Å². The molecule has 5 heterocycles. The molecule has 3 aromatic heterocycles. The fourth-order valence-electron chi connectivity index (χ4n) is 4.31. The molecule has 2 atom stereocenters. The van der Waals surface area contributed by atoms with E-state index in [0.717, 1.165) is 5.56 Å². The molecule has 2 aliphatic heterocycles. The molecule has 0 spiro atoms. The normalized spacial score (nSPS) is 19.2. The molecule has 0 aliphatic carbocycles. The number of tetrazole rings is 1. The summed E-state index contributed by atoms with van der Waals surface area (Å²) in [5.41, 5.74) is 3.05. The first kappa shape index (κ1) is 18.5. The number of benzene rings is 1. The lowest BCUT2D eigenvalue weighted by atomic mass is 10.00.